The monoisotopic (exact) mass is 551 g/mol. The summed E-state index contributed by atoms with van der Waals surface area (Å²) in [5.41, 5.74) is 1.63. The number of hydrogen-bond acceptors (Lipinski definition) is 4. The Balaban J connectivity index is 0.00000363. The van der Waals surface area contributed by atoms with E-state index in [9.17, 15) is 9.90 Å². The fourth-order valence-corrected chi connectivity index (χ4v) is 3.69. The van der Waals surface area contributed by atoms with Gasteiger partial charge in [0.1, 0.15) is 5.75 Å². The summed E-state index contributed by atoms with van der Waals surface area (Å²) in [4.78, 5) is 19.2. The molecule has 0 spiro atoms. The molecule has 0 atom stereocenters. The summed E-state index contributed by atoms with van der Waals surface area (Å²) in [6, 6.07) is 17.5. The number of piperidine rings is 1. The number of para-hydroxylation sites is 1. The molecule has 2 aromatic rings. The molecule has 174 valence electrons. The molecule has 8 heteroatoms. The minimum absolute atomic E-state index is 0. The van der Waals surface area contributed by atoms with Crippen LogP contribution in [-0.4, -0.2) is 60.6 Å². The summed E-state index contributed by atoms with van der Waals surface area (Å²) in [5, 5.41) is 19.4. The number of phenolic OH excluding ortho intramolecular Hbond substituents is 1. The molecule has 1 amide bonds. The van der Waals surface area contributed by atoms with Gasteiger partial charge in [0.2, 0.25) is 0 Å². The number of guanidine groups is 1. The van der Waals surface area contributed by atoms with Crippen molar-refractivity contribution in [3.63, 3.8) is 0 Å². The van der Waals surface area contributed by atoms with Crippen molar-refractivity contribution in [3.8, 4) is 5.75 Å². The van der Waals surface area contributed by atoms with E-state index in [1.54, 1.807) is 18.2 Å². The van der Waals surface area contributed by atoms with Crippen molar-refractivity contribution in [1.29, 1.82) is 0 Å². The van der Waals surface area contributed by atoms with Crippen LogP contribution in [0.4, 0.5) is 0 Å². The summed E-state index contributed by atoms with van der Waals surface area (Å²) in [6.07, 6.45) is 2.14. The van der Waals surface area contributed by atoms with Crippen LogP contribution in [0, 0.1) is 0 Å². The van der Waals surface area contributed by atoms with Gasteiger partial charge in [-0.05, 0) is 37.5 Å². The highest BCUT2D eigenvalue weighted by Crippen LogP contribution is 2.15. The van der Waals surface area contributed by atoms with Gasteiger partial charge in [-0.15, -0.1) is 24.0 Å². The molecule has 3 rings (SSSR count). The maximum absolute atomic E-state index is 12.2. The van der Waals surface area contributed by atoms with E-state index >= 15 is 0 Å². The zero-order chi connectivity index (χ0) is 21.9. The quantitative estimate of drug-likeness (QED) is 0.176. The number of rotatable bonds is 8. The highest BCUT2D eigenvalue weighted by molar-refractivity contribution is 14.0. The summed E-state index contributed by atoms with van der Waals surface area (Å²) >= 11 is 0. The SMILES string of the molecule is CCNC(=NCCNC(=O)c1ccccc1O)NC1CCN(Cc2ccccc2)CC1.I. The Morgan fingerprint density at radius 1 is 1.06 bits per heavy atom. The van der Waals surface area contributed by atoms with Crippen LogP contribution in [-0.2, 0) is 6.54 Å². The standard InChI is InChI=1S/C24H33N5O2.HI/c1-2-25-24(27-15-14-26-23(31)21-10-6-7-11-22(21)30)28-20-12-16-29(17-13-20)18-19-8-4-3-5-9-19;/h3-11,20,30H,2,12-18H2,1H3,(H,26,31)(H2,25,27,28);1H. The van der Waals surface area contributed by atoms with Gasteiger partial charge in [0.15, 0.2) is 5.96 Å². The van der Waals surface area contributed by atoms with Crippen LogP contribution >= 0.6 is 24.0 Å². The highest BCUT2D eigenvalue weighted by atomic mass is 127. The van der Waals surface area contributed by atoms with Crippen molar-refractivity contribution >= 4 is 35.8 Å². The Labute approximate surface area is 207 Å². The Bertz CT molecular complexity index is 854. The normalized spacial score (nSPS) is 15.0. The van der Waals surface area contributed by atoms with Crippen LogP contribution in [0.15, 0.2) is 59.6 Å². The van der Waals surface area contributed by atoms with Gasteiger partial charge in [-0.1, -0.05) is 42.5 Å². The largest absolute Gasteiger partial charge is 0.507 e. The zero-order valence-electron chi connectivity index (χ0n) is 18.6. The van der Waals surface area contributed by atoms with Crippen LogP contribution in [0.1, 0.15) is 35.7 Å². The summed E-state index contributed by atoms with van der Waals surface area (Å²) in [5.74, 6) is 0.468. The van der Waals surface area contributed by atoms with Crippen LogP contribution < -0.4 is 16.0 Å². The van der Waals surface area contributed by atoms with Crippen LogP contribution in [0.2, 0.25) is 0 Å². The molecule has 4 N–H and O–H groups in total. The predicted molar refractivity (Wildman–Crippen MR) is 140 cm³/mol. The van der Waals surface area contributed by atoms with E-state index < -0.39 is 0 Å². The molecule has 1 heterocycles. The number of likely N-dealkylation sites (tertiary alicyclic amines) is 1. The molecule has 0 aliphatic carbocycles. The van der Waals surface area contributed by atoms with Gasteiger partial charge in [0.25, 0.3) is 5.91 Å². The lowest BCUT2D eigenvalue weighted by Crippen LogP contribution is -2.48. The van der Waals surface area contributed by atoms with Crippen molar-refractivity contribution in [2.75, 3.05) is 32.7 Å². The van der Waals surface area contributed by atoms with E-state index in [1.807, 2.05) is 6.92 Å². The van der Waals surface area contributed by atoms with Gasteiger partial charge in [0, 0.05) is 38.8 Å². The van der Waals surface area contributed by atoms with Crippen molar-refractivity contribution in [1.82, 2.24) is 20.9 Å². The second-order valence-electron chi connectivity index (χ2n) is 7.71. The molecule has 1 aliphatic heterocycles. The molecule has 0 aromatic heterocycles. The minimum Gasteiger partial charge on any atom is -0.507 e. The Kier molecular flexibility index (Phi) is 11.3. The number of nitrogens with zero attached hydrogens (tertiary/aromatic N) is 2. The smallest absolute Gasteiger partial charge is 0.255 e. The number of phenols is 1. The Morgan fingerprint density at radius 2 is 1.75 bits per heavy atom. The molecule has 1 fully saturated rings. The number of carbonyl (C=O) groups is 1. The average Bonchev–Trinajstić information content (AvgIpc) is 2.79. The fraction of sp³-hybridized carbons (Fsp3) is 0.417. The van der Waals surface area contributed by atoms with Gasteiger partial charge in [-0.3, -0.25) is 14.7 Å². The third kappa shape index (κ3) is 8.31. The van der Waals surface area contributed by atoms with Gasteiger partial charge in [-0.25, -0.2) is 0 Å². The summed E-state index contributed by atoms with van der Waals surface area (Å²) < 4.78 is 0. The number of aliphatic imine (C=N–C) groups is 1. The number of carbonyl (C=O) groups excluding carboxylic acids is 1. The van der Waals surface area contributed by atoms with Gasteiger partial charge in [-0.2, -0.15) is 0 Å². The Morgan fingerprint density at radius 3 is 2.44 bits per heavy atom. The number of aromatic hydroxyl groups is 1. The molecule has 0 radical (unpaired) electrons. The summed E-state index contributed by atoms with van der Waals surface area (Å²) in [6.45, 7) is 6.80. The van der Waals surface area contributed by atoms with E-state index in [2.05, 4.69) is 56.2 Å². The first-order valence-corrected chi connectivity index (χ1v) is 11.0. The molecule has 32 heavy (non-hydrogen) atoms. The van der Waals surface area contributed by atoms with Gasteiger partial charge < -0.3 is 21.1 Å². The first-order valence-electron chi connectivity index (χ1n) is 11.0. The first kappa shape index (κ1) is 25.9. The maximum atomic E-state index is 12.2. The van der Waals surface area contributed by atoms with E-state index in [-0.39, 0.29) is 41.2 Å². The molecular weight excluding hydrogens is 517 g/mol. The molecule has 0 bridgehead atoms. The van der Waals surface area contributed by atoms with Crippen LogP contribution in [0.3, 0.4) is 0 Å². The van der Waals surface area contributed by atoms with E-state index in [0.29, 0.717) is 19.1 Å². The van der Waals surface area contributed by atoms with E-state index in [0.717, 1.165) is 45.0 Å². The van der Waals surface area contributed by atoms with Crippen LogP contribution in [0.25, 0.3) is 0 Å². The first-order chi connectivity index (χ1) is 15.2. The Hall–Kier alpha value is -2.33. The molecule has 1 saturated heterocycles. The number of amides is 1. The molecule has 0 saturated carbocycles. The van der Waals surface area contributed by atoms with E-state index in [1.165, 1.54) is 11.6 Å². The lowest BCUT2D eigenvalue weighted by atomic mass is 10.0. The van der Waals surface area contributed by atoms with Gasteiger partial charge >= 0.3 is 0 Å². The molecular formula is C24H34IN5O2. The van der Waals surface area contributed by atoms with Crippen molar-refractivity contribution in [3.05, 3.63) is 65.7 Å². The number of halogens is 1. The predicted octanol–water partition coefficient (Wildman–Crippen LogP) is 2.96. The van der Waals surface area contributed by atoms with Crippen molar-refractivity contribution in [2.24, 2.45) is 4.99 Å². The second-order valence-corrected chi connectivity index (χ2v) is 7.71. The van der Waals surface area contributed by atoms with Crippen LogP contribution in [0.5, 0.6) is 5.75 Å². The number of benzene rings is 2. The fourth-order valence-electron chi connectivity index (χ4n) is 3.69. The summed E-state index contributed by atoms with van der Waals surface area (Å²) in [7, 11) is 0. The minimum atomic E-state index is -0.294. The third-order valence-corrected chi connectivity index (χ3v) is 5.34. The molecule has 1 aliphatic rings. The lowest BCUT2D eigenvalue weighted by Gasteiger charge is -2.33. The molecule has 0 unspecified atom stereocenters. The van der Waals surface area contributed by atoms with Gasteiger partial charge in [0.05, 0.1) is 12.1 Å². The zero-order valence-corrected chi connectivity index (χ0v) is 20.9. The third-order valence-electron chi connectivity index (χ3n) is 5.34. The number of hydrogen-bond donors (Lipinski definition) is 4. The molecule has 2 aromatic carbocycles. The second kappa shape index (κ2) is 13.9. The highest BCUT2D eigenvalue weighted by Gasteiger charge is 2.20. The average molecular weight is 551 g/mol. The topological polar surface area (TPSA) is 89.0 Å². The maximum Gasteiger partial charge on any atom is 0.255 e. The number of nitrogens with one attached hydrogen (secondary N) is 3. The van der Waals surface area contributed by atoms with Crippen molar-refractivity contribution < 1.29 is 9.90 Å². The van der Waals surface area contributed by atoms with E-state index in [4.69, 9.17) is 0 Å². The lowest BCUT2D eigenvalue weighted by molar-refractivity contribution is 0.0952. The van der Waals surface area contributed by atoms with Crippen molar-refractivity contribution in [2.45, 2.75) is 32.4 Å². The molecule has 7 nitrogen and oxygen atoms in total.